The zero-order chi connectivity index (χ0) is 11.1. The molecule has 2 rings (SSSR count). The van der Waals surface area contributed by atoms with Gasteiger partial charge in [-0.1, -0.05) is 0 Å². The van der Waals surface area contributed by atoms with Crippen LogP contribution in [-0.2, 0) is 0 Å². The van der Waals surface area contributed by atoms with Crippen LogP contribution in [0.3, 0.4) is 0 Å². The number of H-pyrrole nitrogens is 1. The van der Waals surface area contributed by atoms with Crippen molar-refractivity contribution in [2.24, 2.45) is 0 Å². The molecule has 2 aromatic rings. The van der Waals surface area contributed by atoms with Gasteiger partial charge in [0.05, 0.1) is 5.52 Å². The predicted octanol–water partition coefficient (Wildman–Crippen LogP) is 3.07. The maximum absolute atomic E-state index is 11.9. The molecule has 0 saturated carbocycles. The van der Waals surface area contributed by atoms with Gasteiger partial charge in [0.2, 0.25) is 0 Å². The summed E-state index contributed by atoms with van der Waals surface area (Å²) < 4.78 is 40.2. The maximum atomic E-state index is 11.9. The van der Waals surface area contributed by atoms with Crippen LogP contribution in [-0.4, -0.2) is 16.6 Å². The first-order valence-corrected chi connectivity index (χ1v) is 4.93. The highest BCUT2D eigenvalue weighted by Gasteiger charge is 2.31. The Balaban J connectivity index is 2.42. The zero-order valence-electron chi connectivity index (χ0n) is 7.10. The normalized spacial score (nSPS) is 12.0. The quantitative estimate of drug-likeness (QED) is 0.817. The number of hydrogen-bond acceptors (Lipinski definition) is 2. The van der Waals surface area contributed by atoms with E-state index in [1.54, 1.807) is 0 Å². The monoisotopic (exact) mass is 328 g/mol. The molecule has 0 unspecified atom stereocenters. The van der Waals surface area contributed by atoms with Gasteiger partial charge in [-0.3, -0.25) is 5.10 Å². The molecule has 7 heteroatoms. The van der Waals surface area contributed by atoms with E-state index in [2.05, 4.69) is 14.9 Å². The van der Waals surface area contributed by atoms with Gasteiger partial charge in [-0.2, -0.15) is 5.10 Å². The van der Waals surface area contributed by atoms with E-state index in [-0.39, 0.29) is 5.75 Å². The average molecular weight is 328 g/mol. The second-order valence-corrected chi connectivity index (χ2v) is 3.84. The standard InChI is InChI=1S/C8H4F3IN2O/c9-8(10,11)15-4-1-2-6-5(3-4)7(12)14-13-6/h1-3H,(H,13,14). The van der Waals surface area contributed by atoms with Crippen LogP contribution >= 0.6 is 22.6 Å². The van der Waals surface area contributed by atoms with Crippen LogP contribution in [0.4, 0.5) is 13.2 Å². The lowest BCUT2D eigenvalue weighted by Crippen LogP contribution is -2.16. The van der Waals surface area contributed by atoms with Crippen molar-refractivity contribution >= 4 is 33.5 Å². The van der Waals surface area contributed by atoms with Crippen LogP contribution in [0.1, 0.15) is 0 Å². The van der Waals surface area contributed by atoms with Crippen LogP contribution in [0.2, 0.25) is 0 Å². The zero-order valence-corrected chi connectivity index (χ0v) is 9.26. The van der Waals surface area contributed by atoms with Gasteiger partial charge in [-0.05, 0) is 40.8 Å². The van der Waals surface area contributed by atoms with Gasteiger partial charge in [0, 0.05) is 5.39 Å². The summed E-state index contributed by atoms with van der Waals surface area (Å²) >= 11 is 1.95. The third-order valence-electron chi connectivity index (χ3n) is 1.71. The Morgan fingerprint density at radius 2 is 2.07 bits per heavy atom. The van der Waals surface area contributed by atoms with Gasteiger partial charge in [0.1, 0.15) is 9.45 Å². The van der Waals surface area contributed by atoms with Gasteiger partial charge >= 0.3 is 6.36 Å². The molecule has 0 amide bonds. The SMILES string of the molecule is FC(F)(F)Oc1ccc2n[nH]c(I)c2c1. The summed E-state index contributed by atoms with van der Waals surface area (Å²) in [6.07, 6.45) is -4.66. The minimum absolute atomic E-state index is 0.241. The molecular weight excluding hydrogens is 324 g/mol. The number of fused-ring (bicyclic) bond motifs is 1. The van der Waals surface area contributed by atoms with E-state index < -0.39 is 6.36 Å². The molecule has 1 N–H and O–H groups in total. The Kier molecular flexibility index (Phi) is 2.49. The fourth-order valence-corrected chi connectivity index (χ4v) is 1.71. The molecule has 1 aromatic carbocycles. The highest BCUT2D eigenvalue weighted by molar-refractivity contribution is 14.1. The Morgan fingerprint density at radius 3 is 2.73 bits per heavy atom. The van der Waals surface area contributed by atoms with Crippen molar-refractivity contribution < 1.29 is 17.9 Å². The lowest BCUT2D eigenvalue weighted by Gasteiger charge is -2.08. The first kappa shape index (κ1) is 10.5. The first-order chi connectivity index (χ1) is 6.96. The molecule has 0 aliphatic carbocycles. The van der Waals surface area contributed by atoms with Crippen molar-refractivity contribution in [2.45, 2.75) is 6.36 Å². The second kappa shape index (κ2) is 3.54. The van der Waals surface area contributed by atoms with Crippen molar-refractivity contribution in [2.75, 3.05) is 0 Å². The summed E-state index contributed by atoms with van der Waals surface area (Å²) in [6, 6.07) is 4.00. The number of benzene rings is 1. The van der Waals surface area contributed by atoms with Crippen LogP contribution in [0.5, 0.6) is 5.75 Å². The van der Waals surface area contributed by atoms with Crippen LogP contribution < -0.4 is 4.74 Å². The Hall–Kier alpha value is -0.990. The van der Waals surface area contributed by atoms with Crippen molar-refractivity contribution in [3.05, 3.63) is 21.9 Å². The fourth-order valence-electron chi connectivity index (χ4n) is 1.16. The molecule has 80 valence electrons. The highest BCUT2D eigenvalue weighted by atomic mass is 127. The third-order valence-corrected chi connectivity index (χ3v) is 2.53. The fraction of sp³-hybridized carbons (Fsp3) is 0.125. The van der Waals surface area contributed by atoms with Crippen molar-refractivity contribution in [1.29, 1.82) is 0 Å². The molecule has 0 aliphatic rings. The summed E-state index contributed by atoms with van der Waals surface area (Å²) in [5.41, 5.74) is 0.605. The van der Waals surface area contributed by atoms with E-state index in [9.17, 15) is 13.2 Å². The van der Waals surface area contributed by atoms with E-state index >= 15 is 0 Å². The number of alkyl halides is 3. The number of aromatic amines is 1. The topological polar surface area (TPSA) is 37.9 Å². The molecule has 0 radical (unpaired) electrons. The van der Waals surface area contributed by atoms with Gasteiger partial charge in [0.25, 0.3) is 0 Å². The summed E-state index contributed by atoms with van der Waals surface area (Å²) in [5.74, 6) is -0.241. The number of nitrogens with zero attached hydrogens (tertiary/aromatic N) is 1. The minimum atomic E-state index is -4.66. The van der Waals surface area contributed by atoms with Crippen LogP contribution in [0.25, 0.3) is 10.9 Å². The number of ether oxygens (including phenoxy) is 1. The summed E-state index contributed by atoms with van der Waals surface area (Å²) in [4.78, 5) is 0. The van der Waals surface area contributed by atoms with Gasteiger partial charge < -0.3 is 4.74 Å². The molecule has 0 saturated heterocycles. The number of aromatic nitrogens is 2. The maximum Gasteiger partial charge on any atom is 0.573 e. The number of nitrogens with one attached hydrogen (secondary N) is 1. The number of hydrogen-bond donors (Lipinski definition) is 1. The lowest BCUT2D eigenvalue weighted by molar-refractivity contribution is -0.274. The van der Waals surface area contributed by atoms with E-state index in [0.717, 1.165) is 0 Å². The van der Waals surface area contributed by atoms with E-state index in [1.165, 1.54) is 18.2 Å². The molecule has 0 spiro atoms. The van der Waals surface area contributed by atoms with Crippen molar-refractivity contribution in [3.63, 3.8) is 0 Å². The van der Waals surface area contributed by atoms with Gasteiger partial charge in [0.15, 0.2) is 0 Å². The highest BCUT2D eigenvalue weighted by Crippen LogP contribution is 2.27. The molecule has 0 aliphatic heterocycles. The van der Waals surface area contributed by atoms with Gasteiger partial charge in [-0.25, -0.2) is 0 Å². The largest absolute Gasteiger partial charge is 0.573 e. The lowest BCUT2D eigenvalue weighted by atomic mass is 10.2. The summed E-state index contributed by atoms with van der Waals surface area (Å²) in [5, 5.41) is 7.16. The van der Waals surface area contributed by atoms with Crippen LogP contribution in [0, 0.1) is 3.70 Å². The van der Waals surface area contributed by atoms with Gasteiger partial charge in [-0.15, -0.1) is 13.2 Å². The predicted molar refractivity (Wildman–Crippen MR) is 55.5 cm³/mol. The first-order valence-electron chi connectivity index (χ1n) is 3.85. The van der Waals surface area contributed by atoms with E-state index in [4.69, 9.17) is 0 Å². The molecular formula is C8H4F3IN2O. The van der Waals surface area contributed by atoms with E-state index in [0.29, 0.717) is 14.6 Å². The van der Waals surface area contributed by atoms with Crippen LogP contribution in [0.15, 0.2) is 18.2 Å². The summed E-state index contributed by atoms with van der Waals surface area (Å²) in [6.45, 7) is 0. The Bertz CT molecular complexity index is 494. The average Bonchev–Trinajstić information content (AvgIpc) is 2.45. The minimum Gasteiger partial charge on any atom is -0.406 e. The Morgan fingerprint density at radius 1 is 1.33 bits per heavy atom. The molecule has 0 fully saturated rings. The van der Waals surface area contributed by atoms with E-state index in [1.807, 2.05) is 22.6 Å². The second-order valence-electron chi connectivity index (χ2n) is 2.76. The number of rotatable bonds is 1. The smallest absolute Gasteiger partial charge is 0.406 e. The molecule has 0 bridgehead atoms. The molecule has 1 heterocycles. The summed E-state index contributed by atoms with van der Waals surface area (Å²) in [7, 11) is 0. The molecule has 1 aromatic heterocycles. The molecule has 15 heavy (non-hydrogen) atoms. The van der Waals surface area contributed by atoms with Crippen molar-refractivity contribution in [3.8, 4) is 5.75 Å². The number of halogens is 4. The molecule has 0 atom stereocenters. The third kappa shape index (κ3) is 2.33. The Labute approximate surface area is 95.7 Å². The molecule has 3 nitrogen and oxygen atoms in total. The van der Waals surface area contributed by atoms with Crippen molar-refractivity contribution in [1.82, 2.24) is 10.2 Å².